The predicted molar refractivity (Wildman–Crippen MR) is 74.8 cm³/mol. The van der Waals surface area contributed by atoms with Gasteiger partial charge in [0.15, 0.2) is 0 Å². The van der Waals surface area contributed by atoms with Crippen LogP contribution in [-0.2, 0) is 22.3 Å². The van der Waals surface area contributed by atoms with Crippen molar-refractivity contribution in [3.05, 3.63) is 35.4 Å². The van der Waals surface area contributed by atoms with Crippen LogP contribution in [0.2, 0.25) is 0 Å². The number of rotatable bonds is 4. The molecular weight excluding hydrogens is 260 g/mol. The summed E-state index contributed by atoms with van der Waals surface area (Å²) in [5.41, 5.74) is 7.42. The SMILES string of the molecule is NCc1ccc(CS(=O)(=O)N2CC3CCC2C3)cc1. The Morgan fingerprint density at radius 1 is 1.16 bits per heavy atom. The number of hydrogen-bond donors (Lipinski definition) is 1. The Balaban J connectivity index is 1.74. The van der Waals surface area contributed by atoms with Gasteiger partial charge in [0.1, 0.15) is 0 Å². The summed E-state index contributed by atoms with van der Waals surface area (Å²) in [4.78, 5) is 0. The first-order valence-electron chi connectivity index (χ1n) is 6.86. The van der Waals surface area contributed by atoms with E-state index in [0.717, 1.165) is 30.5 Å². The minimum Gasteiger partial charge on any atom is -0.326 e. The lowest BCUT2D eigenvalue weighted by atomic mass is 10.1. The van der Waals surface area contributed by atoms with Gasteiger partial charge in [-0.15, -0.1) is 0 Å². The highest BCUT2D eigenvalue weighted by atomic mass is 32.2. The third-order valence-electron chi connectivity index (χ3n) is 4.32. The van der Waals surface area contributed by atoms with Gasteiger partial charge >= 0.3 is 0 Å². The zero-order chi connectivity index (χ0) is 13.5. The molecule has 2 fully saturated rings. The molecule has 19 heavy (non-hydrogen) atoms. The van der Waals surface area contributed by atoms with Crippen LogP contribution in [0.1, 0.15) is 30.4 Å². The number of piperidine rings is 1. The first-order chi connectivity index (χ1) is 9.08. The fourth-order valence-corrected chi connectivity index (χ4v) is 5.15. The van der Waals surface area contributed by atoms with Gasteiger partial charge in [-0.25, -0.2) is 8.42 Å². The summed E-state index contributed by atoms with van der Waals surface area (Å²) >= 11 is 0. The Hall–Kier alpha value is -0.910. The smallest absolute Gasteiger partial charge is 0.218 e. The van der Waals surface area contributed by atoms with Crippen LogP contribution in [0, 0.1) is 5.92 Å². The third kappa shape index (κ3) is 2.55. The first-order valence-corrected chi connectivity index (χ1v) is 8.47. The Morgan fingerprint density at radius 3 is 2.37 bits per heavy atom. The van der Waals surface area contributed by atoms with E-state index >= 15 is 0 Å². The van der Waals surface area contributed by atoms with Crippen LogP contribution >= 0.6 is 0 Å². The molecule has 1 aromatic rings. The maximum atomic E-state index is 12.4. The topological polar surface area (TPSA) is 63.4 Å². The summed E-state index contributed by atoms with van der Waals surface area (Å²) < 4.78 is 26.6. The molecule has 0 radical (unpaired) electrons. The van der Waals surface area contributed by atoms with Gasteiger partial charge in [0.2, 0.25) is 10.0 Å². The normalized spacial score (nSPS) is 27.0. The molecule has 2 aliphatic rings. The number of sulfonamides is 1. The van der Waals surface area contributed by atoms with Crippen molar-refractivity contribution < 1.29 is 8.42 Å². The van der Waals surface area contributed by atoms with Crippen molar-refractivity contribution in [3.8, 4) is 0 Å². The van der Waals surface area contributed by atoms with Gasteiger partial charge in [0.05, 0.1) is 5.75 Å². The van der Waals surface area contributed by atoms with Gasteiger partial charge in [-0.2, -0.15) is 4.31 Å². The zero-order valence-electron chi connectivity index (χ0n) is 11.0. The molecule has 0 amide bonds. The summed E-state index contributed by atoms with van der Waals surface area (Å²) in [6.07, 6.45) is 3.29. The average Bonchev–Trinajstić information content (AvgIpc) is 3.02. The van der Waals surface area contributed by atoms with Crippen LogP contribution in [0.5, 0.6) is 0 Å². The van der Waals surface area contributed by atoms with Crippen LogP contribution in [-0.4, -0.2) is 25.3 Å². The molecule has 2 bridgehead atoms. The molecule has 1 aliphatic heterocycles. The van der Waals surface area contributed by atoms with Crippen LogP contribution in [0.3, 0.4) is 0 Å². The molecule has 1 saturated carbocycles. The number of benzene rings is 1. The van der Waals surface area contributed by atoms with E-state index in [1.54, 1.807) is 4.31 Å². The van der Waals surface area contributed by atoms with Crippen molar-refractivity contribution in [1.82, 2.24) is 4.31 Å². The molecule has 1 aliphatic carbocycles. The number of fused-ring (bicyclic) bond motifs is 2. The second-order valence-corrected chi connectivity index (χ2v) is 7.60. The van der Waals surface area contributed by atoms with E-state index in [0.29, 0.717) is 12.5 Å². The van der Waals surface area contributed by atoms with Crippen molar-refractivity contribution >= 4 is 10.0 Å². The lowest BCUT2D eigenvalue weighted by Crippen LogP contribution is -2.38. The number of hydrogen-bond acceptors (Lipinski definition) is 3. The lowest BCUT2D eigenvalue weighted by molar-refractivity contribution is 0.333. The molecule has 4 nitrogen and oxygen atoms in total. The van der Waals surface area contributed by atoms with Crippen molar-refractivity contribution in [3.63, 3.8) is 0 Å². The quantitative estimate of drug-likeness (QED) is 0.908. The van der Waals surface area contributed by atoms with Gasteiger partial charge in [0, 0.05) is 19.1 Å². The monoisotopic (exact) mass is 280 g/mol. The second-order valence-electron chi connectivity index (χ2n) is 5.68. The van der Waals surface area contributed by atoms with E-state index in [9.17, 15) is 8.42 Å². The summed E-state index contributed by atoms with van der Waals surface area (Å²) in [5.74, 6) is 0.709. The standard InChI is InChI=1S/C14H20N2O2S/c15-8-11-1-3-12(4-2-11)10-19(17,18)16-9-13-5-6-14(16)7-13/h1-4,13-14H,5-10,15H2. The van der Waals surface area contributed by atoms with Gasteiger partial charge in [-0.3, -0.25) is 0 Å². The molecule has 5 heteroatoms. The number of nitrogens with two attached hydrogens (primary N) is 1. The van der Waals surface area contributed by atoms with Crippen molar-refractivity contribution in [1.29, 1.82) is 0 Å². The van der Waals surface area contributed by atoms with E-state index in [2.05, 4.69) is 0 Å². The molecule has 0 spiro atoms. The Morgan fingerprint density at radius 2 is 1.84 bits per heavy atom. The molecule has 2 N–H and O–H groups in total. The zero-order valence-corrected chi connectivity index (χ0v) is 11.8. The Labute approximate surface area is 114 Å². The van der Waals surface area contributed by atoms with Crippen molar-refractivity contribution in [2.24, 2.45) is 11.7 Å². The Bertz CT molecular complexity index is 553. The minimum absolute atomic E-state index is 0.112. The summed E-state index contributed by atoms with van der Waals surface area (Å²) in [6, 6.07) is 7.81. The third-order valence-corrected chi connectivity index (χ3v) is 6.18. The van der Waals surface area contributed by atoms with E-state index in [1.165, 1.54) is 6.42 Å². The Kier molecular flexibility index (Phi) is 3.37. The molecular formula is C14H20N2O2S. The van der Waals surface area contributed by atoms with Gasteiger partial charge in [-0.1, -0.05) is 24.3 Å². The molecule has 2 atom stereocenters. The second kappa shape index (κ2) is 4.89. The summed E-state index contributed by atoms with van der Waals surface area (Å²) in [6.45, 7) is 1.22. The van der Waals surface area contributed by atoms with E-state index in [-0.39, 0.29) is 11.8 Å². The highest BCUT2D eigenvalue weighted by Crippen LogP contribution is 2.39. The summed E-state index contributed by atoms with van der Waals surface area (Å²) in [7, 11) is -3.16. The first kappa shape index (κ1) is 13.1. The lowest BCUT2D eigenvalue weighted by Gasteiger charge is -2.26. The van der Waals surface area contributed by atoms with Crippen LogP contribution in [0.4, 0.5) is 0 Å². The molecule has 3 rings (SSSR count). The van der Waals surface area contributed by atoms with E-state index in [4.69, 9.17) is 5.73 Å². The molecule has 104 valence electrons. The van der Waals surface area contributed by atoms with Crippen LogP contribution in [0.25, 0.3) is 0 Å². The summed E-state index contributed by atoms with van der Waals surface area (Å²) in [5, 5.41) is 0. The minimum atomic E-state index is -3.16. The average molecular weight is 280 g/mol. The molecule has 1 saturated heterocycles. The predicted octanol–water partition coefficient (Wildman–Crippen LogP) is 1.46. The van der Waals surface area contributed by atoms with Gasteiger partial charge in [0.25, 0.3) is 0 Å². The maximum absolute atomic E-state index is 12.4. The molecule has 1 heterocycles. The van der Waals surface area contributed by atoms with Gasteiger partial charge < -0.3 is 5.73 Å². The fraction of sp³-hybridized carbons (Fsp3) is 0.571. The van der Waals surface area contributed by atoms with E-state index < -0.39 is 10.0 Å². The van der Waals surface area contributed by atoms with Gasteiger partial charge in [-0.05, 0) is 36.3 Å². The fourth-order valence-electron chi connectivity index (χ4n) is 3.29. The largest absolute Gasteiger partial charge is 0.326 e. The molecule has 1 aromatic carbocycles. The highest BCUT2D eigenvalue weighted by Gasteiger charge is 2.43. The molecule has 0 aromatic heterocycles. The van der Waals surface area contributed by atoms with Crippen LogP contribution < -0.4 is 5.73 Å². The highest BCUT2D eigenvalue weighted by molar-refractivity contribution is 7.88. The number of nitrogens with zero attached hydrogens (tertiary/aromatic N) is 1. The maximum Gasteiger partial charge on any atom is 0.218 e. The van der Waals surface area contributed by atoms with Crippen molar-refractivity contribution in [2.45, 2.75) is 37.6 Å². The van der Waals surface area contributed by atoms with Crippen molar-refractivity contribution in [2.75, 3.05) is 6.54 Å². The van der Waals surface area contributed by atoms with E-state index in [1.807, 2.05) is 24.3 Å². The molecule has 2 unspecified atom stereocenters. The van der Waals surface area contributed by atoms with Crippen LogP contribution in [0.15, 0.2) is 24.3 Å².